The molecule has 1 aromatic carbocycles. The van der Waals surface area contributed by atoms with E-state index in [0.29, 0.717) is 11.5 Å². The van der Waals surface area contributed by atoms with Crippen LogP contribution in [0.4, 0.5) is 0 Å². The molecule has 2 rings (SSSR count). The van der Waals surface area contributed by atoms with Gasteiger partial charge in [-0.3, -0.25) is 4.79 Å². The molecule has 1 unspecified atom stereocenters. The van der Waals surface area contributed by atoms with E-state index >= 15 is 0 Å². The van der Waals surface area contributed by atoms with Crippen LogP contribution in [-0.2, 0) is 6.54 Å². The number of rotatable bonds is 6. The van der Waals surface area contributed by atoms with E-state index in [2.05, 4.69) is 29.5 Å². The lowest BCUT2D eigenvalue weighted by Crippen LogP contribution is -2.32. The van der Waals surface area contributed by atoms with Gasteiger partial charge < -0.3 is 5.32 Å². The highest BCUT2D eigenvalue weighted by atomic mass is 16.1. The molecule has 5 heteroatoms. The lowest BCUT2D eigenvalue weighted by molar-refractivity contribution is 0.0937. The van der Waals surface area contributed by atoms with E-state index in [9.17, 15) is 4.79 Å². The van der Waals surface area contributed by atoms with Crippen molar-refractivity contribution in [2.45, 2.75) is 53.1 Å². The fourth-order valence-corrected chi connectivity index (χ4v) is 2.31. The quantitative estimate of drug-likeness (QED) is 0.889. The van der Waals surface area contributed by atoms with Crippen molar-refractivity contribution >= 4 is 16.9 Å². The first-order valence-electron chi connectivity index (χ1n) is 7.65. The minimum atomic E-state index is -0.0424. The third kappa shape index (κ3) is 3.80. The van der Waals surface area contributed by atoms with Gasteiger partial charge in [-0.25, -0.2) is 4.68 Å². The summed E-state index contributed by atoms with van der Waals surface area (Å²) in [5.74, 6) is 0.615. The number of aryl methyl sites for hydroxylation is 1. The first-order valence-corrected chi connectivity index (χ1v) is 7.65. The molecule has 0 saturated carbocycles. The van der Waals surface area contributed by atoms with Crippen LogP contribution in [0.5, 0.6) is 0 Å². The van der Waals surface area contributed by atoms with Crippen LogP contribution in [0.15, 0.2) is 18.2 Å². The molecule has 0 aliphatic heterocycles. The van der Waals surface area contributed by atoms with Gasteiger partial charge in [-0.1, -0.05) is 19.1 Å². The minimum Gasteiger partial charge on any atom is -0.350 e. The number of hydrogen-bond acceptors (Lipinski definition) is 3. The molecular formula is C16H24N4O. The number of carbonyl (C=O) groups is 1. The van der Waals surface area contributed by atoms with E-state index in [0.717, 1.165) is 30.4 Å². The van der Waals surface area contributed by atoms with Crippen LogP contribution in [-0.4, -0.2) is 26.9 Å². The smallest absolute Gasteiger partial charge is 0.251 e. The Balaban J connectivity index is 2.05. The summed E-state index contributed by atoms with van der Waals surface area (Å²) in [6, 6.07) is 5.73. The van der Waals surface area contributed by atoms with Crippen molar-refractivity contribution in [2.24, 2.45) is 5.92 Å². The molecule has 1 aromatic heterocycles. The topological polar surface area (TPSA) is 59.8 Å². The number of nitrogens with one attached hydrogen (secondary N) is 1. The van der Waals surface area contributed by atoms with Crippen LogP contribution in [0.3, 0.4) is 0 Å². The summed E-state index contributed by atoms with van der Waals surface area (Å²) in [6.07, 6.45) is 2.11. The highest BCUT2D eigenvalue weighted by molar-refractivity contribution is 5.97. The van der Waals surface area contributed by atoms with Gasteiger partial charge in [0, 0.05) is 18.2 Å². The Morgan fingerprint density at radius 2 is 2.05 bits per heavy atom. The molecule has 0 fully saturated rings. The molecule has 0 saturated heterocycles. The van der Waals surface area contributed by atoms with Gasteiger partial charge in [-0.2, -0.15) is 0 Å². The van der Waals surface area contributed by atoms with E-state index in [4.69, 9.17) is 0 Å². The molecule has 0 spiro atoms. The minimum absolute atomic E-state index is 0.0424. The summed E-state index contributed by atoms with van der Waals surface area (Å²) in [6.45, 7) is 9.23. The van der Waals surface area contributed by atoms with Crippen LogP contribution < -0.4 is 5.32 Å². The number of fused-ring (bicyclic) bond motifs is 1. The molecule has 1 atom stereocenters. The molecule has 1 heterocycles. The molecule has 114 valence electrons. The number of hydrogen-bond donors (Lipinski definition) is 1. The number of amides is 1. The fourth-order valence-electron chi connectivity index (χ4n) is 2.31. The predicted molar refractivity (Wildman–Crippen MR) is 84.2 cm³/mol. The standard InChI is InChI=1S/C16H24N4O/c1-5-20-15-9-8-13(10-14(15)18-19-20)16(21)17-12(4)7-6-11(2)3/h8-12H,5-7H2,1-4H3,(H,17,21). The zero-order valence-electron chi connectivity index (χ0n) is 13.3. The average Bonchev–Trinajstić information content (AvgIpc) is 2.87. The Morgan fingerprint density at radius 3 is 2.71 bits per heavy atom. The number of nitrogens with zero attached hydrogens (tertiary/aromatic N) is 3. The van der Waals surface area contributed by atoms with Crippen molar-refractivity contribution in [3.8, 4) is 0 Å². The molecule has 0 aliphatic carbocycles. The van der Waals surface area contributed by atoms with E-state index in [1.165, 1.54) is 0 Å². The predicted octanol–water partition coefficient (Wildman–Crippen LogP) is 3.01. The summed E-state index contributed by atoms with van der Waals surface area (Å²) >= 11 is 0. The summed E-state index contributed by atoms with van der Waals surface area (Å²) in [4.78, 5) is 12.3. The Hall–Kier alpha value is -1.91. The molecule has 1 N–H and O–H groups in total. The SMILES string of the molecule is CCn1nnc2cc(C(=O)NC(C)CCC(C)C)ccc21. The zero-order chi connectivity index (χ0) is 15.4. The summed E-state index contributed by atoms with van der Waals surface area (Å²) in [5, 5.41) is 11.2. The Kier molecular flexibility index (Phi) is 4.94. The molecule has 0 aliphatic rings. The van der Waals surface area contributed by atoms with E-state index in [-0.39, 0.29) is 11.9 Å². The van der Waals surface area contributed by atoms with Gasteiger partial charge in [0.25, 0.3) is 5.91 Å². The van der Waals surface area contributed by atoms with Crippen molar-refractivity contribution < 1.29 is 4.79 Å². The van der Waals surface area contributed by atoms with Crippen molar-refractivity contribution in [1.82, 2.24) is 20.3 Å². The molecule has 0 radical (unpaired) electrons. The van der Waals surface area contributed by atoms with Crippen LogP contribution in [0.1, 0.15) is 50.9 Å². The second-order valence-corrected chi connectivity index (χ2v) is 5.95. The monoisotopic (exact) mass is 288 g/mol. The lowest BCUT2D eigenvalue weighted by Gasteiger charge is -2.15. The number of benzene rings is 1. The van der Waals surface area contributed by atoms with E-state index < -0.39 is 0 Å². The Labute approximate surface area is 125 Å². The van der Waals surface area contributed by atoms with E-state index in [1.807, 2.05) is 30.7 Å². The van der Waals surface area contributed by atoms with Crippen LogP contribution in [0.25, 0.3) is 11.0 Å². The average molecular weight is 288 g/mol. The highest BCUT2D eigenvalue weighted by Crippen LogP contribution is 2.14. The molecular weight excluding hydrogens is 264 g/mol. The molecule has 5 nitrogen and oxygen atoms in total. The third-order valence-corrected chi connectivity index (χ3v) is 3.63. The maximum atomic E-state index is 12.3. The van der Waals surface area contributed by atoms with Crippen LogP contribution in [0.2, 0.25) is 0 Å². The van der Waals surface area contributed by atoms with E-state index in [1.54, 1.807) is 6.07 Å². The zero-order valence-corrected chi connectivity index (χ0v) is 13.3. The van der Waals surface area contributed by atoms with Gasteiger partial charge in [0.1, 0.15) is 5.52 Å². The maximum absolute atomic E-state index is 12.3. The Bertz CT molecular complexity index is 618. The fraction of sp³-hybridized carbons (Fsp3) is 0.562. The van der Waals surface area contributed by atoms with Gasteiger partial charge in [-0.05, 0) is 50.8 Å². The summed E-state index contributed by atoms with van der Waals surface area (Å²) < 4.78 is 1.82. The molecule has 21 heavy (non-hydrogen) atoms. The lowest BCUT2D eigenvalue weighted by atomic mass is 10.0. The third-order valence-electron chi connectivity index (χ3n) is 3.63. The molecule has 2 aromatic rings. The second kappa shape index (κ2) is 6.70. The normalized spacial score (nSPS) is 12.8. The molecule has 0 bridgehead atoms. The first kappa shape index (κ1) is 15.5. The highest BCUT2D eigenvalue weighted by Gasteiger charge is 2.12. The van der Waals surface area contributed by atoms with Crippen molar-refractivity contribution in [3.05, 3.63) is 23.8 Å². The number of aromatic nitrogens is 3. The van der Waals surface area contributed by atoms with Crippen molar-refractivity contribution in [2.75, 3.05) is 0 Å². The van der Waals surface area contributed by atoms with Crippen molar-refractivity contribution in [3.63, 3.8) is 0 Å². The van der Waals surface area contributed by atoms with Crippen LogP contribution >= 0.6 is 0 Å². The largest absolute Gasteiger partial charge is 0.350 e. The first-order chi connectivity index (χ1) is 10.0. The van der Waals surface area contributed by atoms with Crippen molar-refractivity contribution in [1.29, 1.82) is 0 Å². The van der Waals surface area contributed by atoms with Gasteiger partial charge >= 0.3 is 0 Å². The Morgan fingerprint density at radius 1 is 1.29 bits per heavy atom. The summed E-state index contributed by atoms with van der Waals surface area (Å²) in [7, 11) is 0. The second-order valence-electron chi connectivity index (χ2n) is 5.95. The van der Waals surface area contributed by atoms with Gasteiger partial charge in [0.05, 0.1) is 5.52 Å². The van der Waals surface area contributed by atoms with Crippen LogP contribution in [0, 0.1) is 5.92 Å². The van der Waals surface area contributed by atoms with Gasteiger partial charge in [0.15, 0.2) is 0 Å². The molecule has 1 amide bonds. The summed E-state index contributed by atoms with van der Waals surface area (Å²) in [5.41, 5.74) is 2.36. The maximum Gasteiger partial charge on any atom is 0.251 e. The number of carbonyl (C=O) groups excluding carboxylic acids is 1. The van der Waals surface area contributed by atoms with Gasteiger partial charge in [0.2, 0.25) is 0 Å². The van der Waals surface area contributed by atoms with Gasteiger partial charge in [-0.15, -0.1) is 5.10 Å².